The smallest absolute Gasteiger partial charge is 0.306 e. The van der Waals surface area contributed by atoms with Crippen LogP contribution < -0.4 is 0 Å². The Balaban J connectivity index is 4.41. The molecule has 0 aromatic carbocycles. The third-order valence-corrected chi connectivity index (χ3v) is 11.3. The van der Waals surface area contributed by atoms with Gasteiger partial charge in [0.1, 0.15) is 13.2 Å². The van der Waals surface area contributed by atoms with Crippen molar-refractivity contribution in [1.82, 2.24) is 0 Å². The first-order valence-corrected chi connectivity index (χ1v) is 26.1. The predicted molar refractivity (Wildman–Crippen MR) is 261 cm³/mol. The Hall–Kier alpha value is -2.63. The lowest BCUT2D eigenvalue weighted by Gasteiger charge is -2.18. The molecule has 0 heterocycles. The molecule has 0 saturated heterocycles. The monoisotopic (exact) mass is 855 g/mol. The van der Waals surface area contributed by atoms with Gasteiger partial charge in [0.05, 0.1) is 0 Å². The number of ether oxygens (including phenoxy) is 3. The molecule has 61 heavy (non-hydrogen) atoms. The third-order valence-electron chi connectivity index (χ3n) is 11.3. The summed E-state index contributed by atoms with van der Waals surface area (Å²) in [5, 5.41) is 0. The molecule has 0 fully saturated rings. The maximum atomic E-state index is 12.8. The van der Waals surface area contributed by atoms with Crippen molar-refractivity contribution >= 4 is 17.9 Å². The summed E-state index contributed by atoms with van der Waals surface area (Å²) in [7, 11) is 0. The Morgan fingerprint density at radius 2 is 0.590 bits per heavy atom. The molecule has 354 valence electrons. The highest BCUT2D eigenvalue weighted by Crippen LogP contribution is 2.15. The van der Waals surface area contributed by atoms with E-state index < -0.39 is 6.10 Å². The molecule has 0 radical (unpaired) electrons. The normalized spacial score (nSPS) is 12.4. The highest BCUT2D eigenvalue weighted by Gasteiger charge is 2.19. The molecule has 6 nitrogen and oxygen atoms in total. The van der Waals surface area contributed by atoms with E-state index in [1.54, 1.807) is 0 Å². The van der Waals surface area contributed by atoms with Crippen molar-refractivity contribution < 1.29 is 28.6 Å². The maximum absolute atomic E-state index is 12.8. The van der Waals surface area contributed by atoms with Gasteiger partial charge in [-0.3, -0.25) is 14.4 Å². The molecule has 0 bridgehead atoms. The van der Waals surface area contributed by atoms with Crippen LogP contribution in [0.15, 0.2) is 48.6 Å². The quantitative estimate of drug-likeness (QED) is 0.0263. The molecule has 0 aromatic rings. The Bertz CT molecular complexity index is 1070. The van der Waals surface area contributed by atoms with Gasteiger partial charge in [0.2, 0.25) is 0 Å². The molecule has 0 amide bonds. The molecule has 0 aromatic heterocycles. The van der Waals surface area contributed by atoms with Crippen molar-refractivity contribution in [2.45, 2.75) is 271 Å². The predicted octanol–water partition coefficient (Wildman–Crippen LogP) is 17.1. The molecule has 0 N–H and O–H groups in total. The minimum atomic E-state index is -0.783. The number of hydrogen-bond acceptors (Lipinski definition) is 6. The fourth-order valence-electron chi connectivity index (χ4n) is 7.33. The summed E-state index contributed by atoms with van der Waals surface area (Å²) in [4.78, 5) is 38.0. The van der Waals surface area contributed by atoms with Crippen LogP contribution in [0, 0.1) is 0 Å². The van der Waals surface area contributed by atoms with E-state index in [9.17, 15) is 14.4 Å². The van der Waals surface area contributed by atoms with E-state index in [4.69, 9.17) is 14.2 Å². The highest BCUT2D eigenvalue weighted by atomic mass is 16.6. The summed E-state index contributed by atoms with van der Waals surface area (Å²) >= 11 is 0. The lowest BCUT2D eigenvalue weighted by atomic mass is 10.0. The largest absolute Gasteiger partial charge is 0.462 e. The van der Waals surface area contributed by atoms with Crippen molar-refractivity contribution in [3.8, 4) is 0 Å². The van der Waals surface area contributed by atoms with Gasteiger partial charge in [0.15, 0.2) is 6.10 Å². The molecule has 0 unspecified atom stereocenters. The molecular formula is C55H98O6. The van der Waals surface area contributed by atoms with Crippen molar-refractivity contribution in [2.24, 2.45) is 0 Å². The second-order valence-corrected chi connectivity index (χ2v) is 17.4. The molecular weight excluding hydrogens is 757 g/mol. The van der Waals surface area contributed by atoms with E-state index in [-0.39, 0.29) is 31.1 Å². The molecule has 0 aliphatic rings. The zero-order chi connectivity index (χ0) is 44.4. The van der Waals surface area contributed by atoms with Crippen LogP contribution in [0.3, 0.4) is 0 Å². The number of unbranched alkanes of at least 4 members (excludes halogenated alkanes) is 28. The van der Waals surface area contributed by atoms with Crippen LogP contribution in [-0.4, -0.2) is 37.2 Å². The van der Waals surface area contributed by atoms with Crippen molar-refractivity contribution in [1.29, 1.82) is 0 Å². The van der Waals surface area contributed by atoms with Gasteiger partial charge in [0.25, 0.3) is 0 Å². The fraction of sp³-hybridized carbons (Fsp3) is 0.800. The molecule has 6 heteroatoms. The number of esters is 3. The zero-order valence-electron chi connectivity index (χ0n) is 40.4. The lowest BCUT2D eigenvalue weighted by Crippen LogP contribution is -2.30. The van der Waals surface area contributed by atoms with Gasteiger partial charge in [-0.2, -0.15) is 0 Å². The fourth-order valence-corrected chi connectivity index (χ4v) is 7.33. The van der Waals surface area contributed by atoms with Gasteiger partial charge < -0.3 is 14.2 Å². The summed E-state index contributed by atoms with van der Waals surface area (Å²) in [6.07, 6.45) is 59.4. The zero-order valence-corrected chi connectivity index (χ0v) is 40.4. The summed E-state index contributed by atoms with van der Waals surface area (Å²) in [6.45, 7) is 6.57. The molecule has 0 saturated carbocycles. The van der Waals surface area contributed by atoms with Crippen LogP contribution in [0.1, 0.15) is 265 Å². The van der Waals surface area contributed by atoms with Crippen LogP contribution in [0.2, 0.25) is 0 Å². The van der Waals surface area contributed by atoms with E-state index in [2.05, 4.69) is 69.4 Å². The van der Waals surface area contributed by atoms with E-state index >= 15 is 0 Å². The number of carbonyl (C=O) groups excluding carboxylic acids is 3. The Morgan fingerprint density at radius 3 is 0.934 bits per heavy atom. The average Bonchev–Trinajstić information content (AvgIpc) is 3.26. The first kappa shape index (κ1) is 58.4. The first-order valence-electron chi connectivity index (χ1n) is 26.1. The van der Waals surface area contributed by atoms with Gasteiger partial charge >= 0.3 is 17.9 Å². The second kappa shape index (κ2) is 50.0. The molecule has 0 spiro atoms. The van der Waals surface area contributed by atoms with Crippen LogP contribution in [0.4, 0.5) is 0 Å². The summed E-state index contributed by atoms with van der Waals surface area (Å²) in [5.41, 5.74) is 0. The molecule has 1 atom stereocenters. The standard InChI is InChI=1S/C55H98O6/c1-4-7-10-13-16-19-22-25-27-30-33-36-39-42-45-48-54(57)60-51-52(50-59-53(56)47-44-41-38-35-32-29-24-21-18-15-12-9-6-3)61-55(58)49-46-43-40-37-34-31-28-26-23-20-17-14-11-8-5-2/h16-17,19-20,25-28,52H,4-15,18,21-24,29-51H2,1-3H3/t52-/m1/s1. The molecule has 0 aliphatic carbocycles. The number of carbonyl (C=O) groups is 3. The second-order valence-electron chi connectivity index (χ2n) is 17.4. The molecule has 0 aliphatic heterocycles. The lowest BCUT2D eigenvalue weighted by molar-refractivity contribution is -0.167. The number of allylic oxidation sites excluding steroid dienone is 8. The Labute approximate surface area is 378 Å². The van der Waals surface area contributed by atoms with Crippen molar-refractivity contribution in [3.63, 3.8) is 0 Å². The van der Waals surface area contributed by atoms with Crippen LogP contribution in [0.25, 0.3) is 0 Å². The van der Waals surface area contributed by atoms with Gasteiger partial charge in [-0.25, -0.2) is 0 Å². The van der Waals surface area contributed by atoms with E-state index in [1.165, 1.54) is 122 Å². The highest BCUT2D eigenvalue weighted by molar-refractivity contribution is 5.71. The maximum Gasteiger partial charge on any atom is 0.306 e. The van der Waals surface area contributed by atoms with Crippen molar-refractivity contribution in [3.05, 3.63) is 48.6 Å². The van der Waals surface area contributed by atoms with E-state index in [0.29, 0.717) is 19.3 Å². The van der Waals surface area contributed by atoms with Gasteiger partial charge in [-0.1, -0.05) is 211 Å². The molecule has 0 rings (SSSR count). The summed E-state index contributed by atoms with van der Waals surface area (Å²) in [6, 6.07) is 0. The van der Waals surface area contributed by atoms with Crippen LogP contribution in [-0.2, 0) is 28.6 Å². The SMILES string of the molecule is CCCCCC=CCC=CCCCCCCCC(=O)OC[C@@H](COC(=O)CCCCCCCCCCCCCCC)OC(=O)CCCCCCCC=CCC=CCCCCC. The van der Waals surface area contributed by atoms with Gasteiger partial charge in [0, 0.05) is 19.3 Å². The summed E-state index contributed by atoms with van der Waals surface area (Å²) < 4.78 is 16.8. The minimum Gasteiger partial charge on any atom is -0.462 e. The summed E-state index contributed by atoms with van der Waals surface area (Å²) in [5.74, 6) is -0.902. The van der Waals surface area contributed by atoms with Crippen molar-refractivity contribution in [2.75, 3.05) is 13.2 Å². The van der Waals surface area contributed by atoms with E-state index in [0.717, 1.165) is 103 Å². The van der Waals surface area contributed by atoms with Crippen LogP contribution >= 0.6 is 0 Å². The number of rotatable bonds is 47. The van der Waals surface area contributed by atoms with E-state index in [1.807, 2.05) is 0 Å². The third kappa shape index (κ3) is 48.3. The van der Waals surface area contributed by atoms with Gasteiger partial charge in [-0.15, -0.1) is 0 Å². The first-order chi connectivity index (χ1) is 30.0. The Morgan fingerprint density at radius 1 is 0.328 bits per heavy atom. The average molecular weight is 855 g/mol. The van der Waals surface area contributed by atoms with Gasteiger partial charge in [-0.05, 0) is 83.5 Å². The minimum absolute atomic E-state index is 0.0812. The number of hydrogen-bond donors (Lipinski definition) is 0. The van der Waals surface area contributed by atoms with Crippen LogP contribution in [0.5, 0.6) is 0 Å². The Kier molecular flexibility index (Phi) is 47.9. The topological polar surface area (TPSA) is 78.9 Å².